The Morgan fingerprint density at radius 2 is 1.92 bits per heavy atom. The van der Waals surface area contributed by atoms with Gasteiger partial charge in [0.05, 0.1) is 5.69 Å². The van der Waals surface area contributed by atoms with Crippen molar-refractivity contribution in [1.82, 2.24) is 19.5 Å². The quantitative estimate of drug-likeness (QED) is 0.739. The van der Waals surface area contributed by atoms with Crippen LogP contribution in [0.2, 0.25) is 0 Å². The monoisotopic (exact) mass is 334 g/mol. The molecular formula is C20H22N4O. The maximum absolute atomic E-state index is 13.0. The Bertz CT molecular complexity index is 879. The van der Waals surface area contributed by atoms with E-state index in [9.17, 15) is 4.79 Å². The lowest BCUT2D eigenvalue weighted by Crippen LogP contribution is -2.39. The van der Waals surface area contributed by atoms with Gasteiger partial charge < -0.3 is 4.90 Å². The minimum atomic E-state index is 0.0596. The van der Waals surface area contributed by atoms with Crippen LogP contribution in [0.3, 0.4) is 0 Å². The second-order valence-electron chi connectivity index (χ2n) is 6.77. The first-order valence-electron chi connectivity index (χ1n) is 8.85. The van der Waals surface area contributed by atoms with Crippen molar-refractivity contribution >= 4 is 11.6 Å². The highest BCUT2D eigenvalue weighted by Crippen LogP contribution is 2.24. The first kappa shape index (κ1) is 15.8. The van der Waals surface area contributed by atoms with Gasteiger partial charge in [-0.3, -0.25) is 4.79 Å². The molecule has 5 heteroatoms. The zero-order chi connectivity index (χ0) is 17.2. The van der Waals surface area contributed by atoms with Gasteiger partial charge in [0, 0.05) is 25.5 Å². The molecule has 1 aliphatic heterocycles. The first-order valence-corrected chi connectivity index (χ1v) is 8.85. The predicted octanol–water partition coefficient (Wildman–Crippen LogP) is 3.13. The molecule has 5 nitrogen and oxygen atoms in total. The first-order chi connectivity index (χ1) is 12.2. The van der Waals surface area contributed by atoms with Crippen molar-refractivity contribution in [3.8, 4) is 0 Å². The van der Waals surface area contributed by atoms with Gasteiger partial charge in [-0.05, 0) is 43.7 Å². The summed E-state index contributed by atoms with van der Waals surface area (Å²) < 4.78 is 1.69. The highest BCUT2D eigenvalue weighted by atomic mass is 16.2. The number of carbonyl (C=O) groups excluding carboxylic acids is 1. The number of hydrogen-bond donors (Lipinski definition) is 0. The number of carbonyl (C=O) groups is 1. The van der Waals surface area contributed by atoms with Crippen molar-refractivity contribution in [2.24, 2.45) is 5.92 Å². The summed E-state index contributed by atoms with van der Waals surface area (Å²) in [6, 6.07) is 12.4. The Kier molecular flexibility index (Phi) is 4.22. The molecule has 1 saturated heterocycles. The number of aromatic nitrogens is 3. The third kappa shape index (κ3) is 3.14. The van der Waals surface area contributed by atoms with E-state index < -0.39 is 0 Å². The largest absolute Gasteiger partial charge is 0.338 e. The van der Waals surface area contributed by atoms with Crippen molar-refractivity contribution in [1.29, 1.82) is 0 Å². The van der Waals surface area contributed by atoms with E-state index in [4.69, 9.17) is 0 Å². The number of piperidine rings is 1. The molecule has 4 rings (SSSR count). The lowest BCUT2D eigenvalue weighted by atomic mass is 9.90. The van der Waals surface area contributed by atoms with Crippen LogP contribution in [0.1, 0.15) is 34.5 Å². The maximum Gasteiger partial charge on any atom is 0.259 e. The topological polar surface area (TPSA) is 50.5 Å². The molecule has 1 aromatic carbocycles. The van der Waals surface area contributed by atoms with Gasteiger partial charge in [-0.25, -0.2) is 9.50 Å². The maximum atomic E-state index is 13.0. The van der Waals surface area contributed by atoms with E-state index in [0.717, 1.165) is 38.0 Å². The molecule has 2 aromatic heterocycles. The number of fused-ring (bicyclic) bond motifs is 1. The van der Waals surface area contributed by atoms with Crippen LogP contribution < -0.4 is 0 Å². The van der Waals surface area contributed by atoms with Crippen LogP contribution in [0.25, 0.3) is 5.65 Å². The summed E-state index contributed by atoms with van der Waals surface area (Å²) in [5.74, 6) is 0.707. The van der Waals surface area contributed by atoms with E-state index >= 15 is 0 Å². The molecule has 1 fully saturated rings. The molecule has 128 valence electrons. The molecule has 0 bridgehead atoms. The highest BCUT2D eigenvalue weighted by Gasteiger charge is 2.27. The summed E-state index contributed by atoms with van der Waals surface area (Å²) >= 11 is 0. The fourth-order valence-electron chi connectivity index (χ4n) is 3.69. The van der Waals surface area contributed by atoms with Crippen molar-refractivity contribution in [3.05, 3.63) is 65.6 Å². The van der Waals surface area contributed by atoms with Crippen molar-refractivity contribution in [2.45, 2.75) is 26.2 Å². The van der Waals surface area contributed by atoms with E-state index in [2.05, 4.69) is 40.4 Å². The van der Waals surface area contributed by atoms with E-state index in [1.807, 2.05) is 24.1 Å². The van der Waals surface area contributed by atoms with Gasteiger partial charge in [0.2, 0.25) is 0 Å². The fraction of sp³-hybridized carbons (Fsp3) is 0.350. The molecule has 0 N–H and O–H groups in total. The number of amides is 1. The summed E-state index contributed by atoms with van der Waals surface area (Å²) in [5.41, 5.74) is 3.42. The van der Waals surface area contributed by atoms with Gasteiger partial charge in [-0.15, -0.1) is 0 Å². The molecule has 1 aliphatic rings. The van der Waals surface area contributed by atoms with E-state index in [1.165, 1.54) is 5.56 Å². The number of likely N-dealkylation sites (tertiary alicyclic amines) is 1. The van der Waals surface area contributed by atoms with E-state index in [1.54, 1.807) is 10.7 Å². The lowest BCUT2D eigenvalue weighted by molar-refractivity contribution is 0.0691. The standard InChI is InChI=1S/C20H22N4O/c1-15-18(19-21-10-5-11-24(19)22-15)20(25)23-12-8-17(9-13-23)14-16-6-3-2-4-7-16/h2-7,10-11,17H,8-9,12-14H2,1H3. The van der Waals surface area contributed by atoms with Gasteiger partial charge in [-0.1, -0.05) is 30.3 Å². The van der Waals surface area contributed by atoms with Gasteiger partial charge >= 0.3 is 0 Å². The van der Waals surface area contributed by atoms with Crippen molar-refractivity contribution < 1.29 is 4.79 Å². The average Bonchev–Trinajstić information content (AvgIpc) is 2.98. The third-order valence-electron chi connectivity index (χ3n) is 5.05. The van der Waals surface area contributed by atoms with Crippen LogP contribution in [0.15, 0.2) is 48.8 Å². The van der Waals surface area contributed by atoms with Gasteiger partial charge in [0.15, 0.2) is 5.65 Å². The minimum Gasteiger partial charge on any atom is -0.338 e. The molecule has 0 spiro atoms. The Labute approximate surface area is 147 Å². The SMILES string of the molecule is Cc1nn2cccnc2c1C(=O)N1CCC(Cc2ccccc2)CC1. The summed E-state index contributed by atoms with van der Waals surface area (Å²) in [4.78, 5) is 19.3. The normalized spacial score (nSPS) is 15.6. The second kappa shape index (κ2) is 6.67. The van der Waals surface area contributed by atoms with E-state index in [-0.39, 0.29) is 5.91 Å². The molecule has 1 amide bonds. The number of hydrogen-bond acceptors (Lipinski definition) is 3. The summed E-state index contributed by atoms with van der Waals surface area (Å²) in [5, 5.41) is 4.41. The van der Waals surface area contributed by atoms with Gasteiger partial charge in [0.1, 0.15) is 5.56 Å². The zero-order valence-electron chi connectivity index (χ0n) is 14.4. The van der Waals surface area contributed by atoms with Gasteiger partial charge in [-0.2, -0.15) is 5.10 Å². The van der Waals surface area contributed by atoms with Crippen molar-refractivity contribution in [3.63, 3.8) is 0 Å². The number of benzene rings is 1. The van der Waals surface area contributed by atoms with Crippen LogP contribution >= 0.6 is 0 Å². The molecule has 3 heterocycles. The van der Waals surface area contributed by atoms with Gasteiger partial charge in [0.25, 0.3) is 5.91 Å². The van der Waals surface area contributed by atoms with E-state index in [0.29, 0.717) is 17.1 Å². The predicted molar refractivity (Wildman–Crippen MR) is 96.5 cm³/mol. The lowest BCUT2D eigenvalue weighted by Gasteiger charge is -2.32. The molecule has 0 radical (unpaired) electrons. The molecule has 0 unspecified atom stereocenters. The van der Waals surface area contributed by atoms with Crippen LogP contribution in [-0.4, -0.2) is 38.5 Å². The Morgan fingerprint density at radius 1 is 1.16 bits per heavy atom. The molecule has 0 aliphatic carbocycles. The van der Waals surface area contributed by atoms with Crippen LogP contribution in [-0.2, 0) is 6.42 Å². The Morgan fingerprint density at radius 3 is 2.68 bits per heavy atom. The molecule has 0 atom stereocenters. The molecular weight excluding hydrogens is 312 g/mol. The molecule has 3 aromatic rings. The number of rotatable bonds is 3. The summed E-state index contributed by atoms with van der Waals surface area (Å²) in [6.07, 6.45) is 6.73. The van der Waals surface area contributed by atoms with Crippen LogP contribution in [0.4, 0.5) is 0 Å². The summed E-state index contributed by atoms with van der Waals surface area (Å²) in [6.45, 7) is 3.49. The number of aryl methyl sites for hydroxylation is 1. The molecule has 25 heavy (non-hydrogen) atoms. The van der Waals surface area contributed by atoms with Crippen LogP contribution in [0, 0.1) is 12.8 Å². The second-order valence-corrected chi connectivity index (χ2v) is 6.77. The number of nitrogens with zero attached hydrogens (tertiary/aromatic N) is 4. The van der Waals surface area contributed by atoms with Crippen LogP contribution in [0.5, 0.6) is 0 Å². The highest BCUT2D eigenvalue weighted by molar-refractivity contribution is 6.01. The Hall–Kier alpha value is -2.69. The summed E-state index contributed by atoms with van der Waals surface area (Å²) in [7, 11) is 0. The zero-order valence-corrected chi connectivity index (χ0v) is 14.4. The molecule has 0 saturated carbocycles. The third-order valence-corrected chi connectivity index (χ3v) is 5.05. The average molecular weight is 334 g/mol. The fourth-order valence-corrected chi connectivity index (χ4v) is 3.69. The Balaban J connectivity index is 1.45. The smallest absolute Gasteiger partial charge is 0.259 e. The minimum absolute atomic E-state index is 0.0596. The van der Waals surface area contributed by atoms with Crippen molar-refractivity contribution in [2.75, 3.05) is 13.1 Å².